The number of aryl methyl sites for hydroxylation is 1. The summed E-state index contributed by atoms with van der Waals surface area (Å²) in [7, 11) is 0. The molecule has 6 unspecified atom stereocenters. The van der Waals surface area contributed by atoms with Crippen LogP contribution in [0.4, 0.5) is 0 Å². The molecule has 11 aliphatic rings. The number of hydrogen-bond acceptors (Lipinski definition) is 1. The summed E-state index contributed by atoms with van der Waals surface area (Å²) in [5.74, 6) is 1.68. The molecule has 2 heteroatoms. The molecule has 14 rings (SSSR count). The van der Waals surface area contributed by atoms with Gasteiger partial charge in [-0.1, -0.05) is 152 Å². The van der Waals surface area contributed by atoms with Gasteiger partial charge in [0.1, 0.15) is 0 Å². The van der Waals surface area contributed by atoms with Gasteiger partial charge in [0.05, 0.1) is 18.1 Å². The Morgan fingerprint density at radius 3 is 2.08 bits per heavy atom. The summed E-state index contributed by atoms with van der Waals surface area (Å²) >= 11 is 0. The van der Waals surface area contributed by atoms with Crippen molar-refractivity contribution in [2.45, 2.75) is 140 Å². The van der Waals surface area contributed by atoms with Crippen LogP contribution < -0.4 is 0 Å². The molecule has 2 heterocycles. The Morgan fingerprint density at radius 2 is 1.30 bits per heavy atom. The summed E-state index contributed by atoms with van der Waals surface area (Å²) < 4.78 is 2.76. The Bertz CT molecular complexity index is 3360. The molecule has 0 radical (unpaired) electrons. The van der Waals surface area contributed by atoms with Crippen molar-refractivity contribution < 1.29 is 0 Å². The van der Waals surface area contributed by atoms with Gasteiger partial charge in [-0.3, -0.25) is 0 Å². The van der Waals surface area contributed by atoms with Crippen molar-refractivity contribution in [2.24, 2.45) is 11.8 Å². The summed E-state index contributed by atoms with van der Waals surface area (Å²) in [6.45, 7) is 0. The number of benzene rings is 2. The molecule has 0 fully saturated rings. The Hall–Kier alpha value is -6.64. The first-order valence-corrected chi connectivity index (χ1v) is 29.0. The van der Waals surface area contributed by atoms with Crippen molar-refractivity contribution in [2.75, 3.05) is 0 Å². The molecule has 3 aromatic rings. The Labute approximate surface area is 441 Å². The number of rotatable bonds is 9. The van der Waals surface area contributed by atoms with Crippen LogP contribution in [0.15, 0.2) is 221 Å². The highest BCUT2D eigenvalue weighted by atomic mass is 15.2. The summed E-state index contributed by atoms with van der Waals surface area (Å²) in [5, 5.41) is 1.49. The third-order valence-electron chi connectivity index (χ3n) is 18.6. The molecule has 1 aliphatic heterocycles. The van der Waals surface area contributed by atoms with Crippen molar-refractivity contribution >= 4 is 27.6 Å². The highest BCUT2D eigenvalue weighted by Crippen LogP contribution is 2.48. The second-order valence-electron chi connectivity index (χ2n) is 23.1. The van der Waals surface area contributed by atoms with Gasteiger partial charge < -0.3 is 9.47 Å². The number of aromatic nitrogens is 1. The van der Waals surface area contributed by atoms with Crippen LogP contribution in [0.5, 0.6) is 0 Å². The van der Waals surface area contributed by atoms with Crippen LogP contribution in [-0.2, 0) is 12.8 Å². The molecule has 6 atom stereocenters. The molecule has 0 saturated carbocycles. The molecule has 0 spiro atoms. The fraction of sp³-hybridized carbons (Fsp3) is 0.333. The SMILES string of the molecule is C1=CCC(C2C=C(C3=CCCC=C3)C=C(C3=CCC(n4c5c(c6cc(C7=CCC8C(=C7)C7=C(C=CCC7)N8C7C=CC(c8cc(C9=CCCC=C9)cc(C9CC=CCC9)c8)=CC7)ccc64)CCCC5)C=C3)C2)C=C1. The summed E-state index contributed by atoms with van der Waals surface area (Å²) in [5.41, 5.74) is 24.8. The molecule has 2 nitrogen and oxygen atoms in total. The van der Waals surface area contributed by atoms with Crippen LogP contribution >= 0.6 is 0 Å². The zero-order chi connectivity index (χ0) is 49.0. The maximum absolute atomic E-state index is 2.80. The molecular formula is C72H72N2. The number of hydrogen-bond donors (Lipinski definition) is 0. The molecule has 0 amide bonds. The van der Waals surface area contributed by atoms with Gasteiger partial charge >= 0.3 is 0 Å². The van der Waals surface area contributed by atoms with E-state index in [1.54, 1.807) is 22.4 Å². The normalized spacial score (nSPS) is 28.0. The van der Waals surface area contributed by atoms with Crippen LogP contribution in [0.2, 0.25) is 0 Å². The lowest BCUT2D eigenvalue weighted by atomic mass is 9.75. The van der Waals surface area contributed by atoms with E-state index in [1.807, 2.05) is 0 Å². The molecule has 370 valence electrons. The van der Waals surface area contributed by atoms with E-state index in [0.29, 0.717) is 35.9 Å². The number of allylic oxidation sites excluding steroid dienone is 28. The minimum atomic E-state index is 0.337. The second kappa shape index (κ2) is 19.9. The van der Waals surface area contributed by atoms with Gasteiger partial charge in [0, 0.05) is 22.3 Å². The van der Waals surface area contributed by atoms with Crippen molar-refractivity contribution in [1.82, 2.24) is 9.47 Å². The van der Waals surface area contributed by atoms with Crippen LogP contribution in [-0.4, -0.2) is 21.6 Å². The minimum Gasteiger partial charge on any atom is -0.357 e. The van der Waals surface area contributed by atoms with E-state index in [0.717, 1.165) is 77.0 Å². The monoisotopic (exact) mass is 965 g/mol. The van der Waals surface area contributed by atoms with Gasteiger partial charge in [-0.2, -0.15) is 0 Å². The van der Waals surface area contributed by atoms with E-state index >= 15 is 0 Å². The zero-order valence-electron chi connectivity index (χ0n) is 43.4. The first kappa shape index (κ1) is 45.9. The van der Waals surface area contributed by atoms with Gasteiger partial charge in [-0.25, -0.2) is 0 Å². The van der Waals surface area contributed by atoms with Gasteiger partial charge in [-0.05, 0) is 242 Å². The Morgan fingerprint density at radius 1 is 0.500 bits per heavy atom. The maximum atomic E-state index is 2.80. The molecule has 1 aromatic heterocycles. The lowest BCUT2D eigenvalue weighted by molar-refractivity contribution is 0.262. The van der Waals surface area contributed by atoms with Gasteiger partial charge in [-0.15, -0.1) is 0 Å². The highest BCUT2D eigenvalue weighted by Gasteiger charge is 2.40. The topological polar surface area (TPSA) is 8.17 Å². The van der Waals surface area contributed by atoms with E-state index in [-0.39, 0.29) is 0 Å². The zero-order valence-corrected chi connectivity index (χ0v) is 43.4. The first-order chi connectivity index (χ1) is 36.7. The predicted octanol–water partition coefficient (Wildman–Crippen LogP) is 18.2. The minimum absolute atomic E-state index is 0.337. The summed E-state index contributed by atoms with van der Waals surface area (Å²) in [6, 6.07) is 16.1. The fourth-order valence-electron chi connectivity index (χ4n) is 14.8. The third kappa shape index (κ3) is 8.61. The standard InChI is InChI=1S/C72H72N2/c1-5-17-49(18-6-1)57-41-58(50-19-7-2-8-20-50)44-61(43-57)53-29-35-63(36-30-53)73-69-27-15-13-25-65(69)67-47-55(33-39-71(67)73)56-34-40-72-68(48-56)66-26-14-16-28-70(66)74(72)64-37-31-54(32-38-64)62-45-59(51-21-9-3-10-22-51)42-60(46-62)52-23-11-4-12-24-52/h1,3,5-7,9,11,16-17,19-20,23-24,28-35,37,39,41-42,44-49,51,57,63-64,72H,2,4,8,10,12-15,18,21-22,25-27,36,38,40,43H2. The molecule has 0 saturated heterocycles. The smallest absolute Gasteiger partial charge is 0.0587 e. The van der Waals surface area contributed by atoms with Crippen LogP contribution in [0.3, 0.4) is 0 Å². The average Bonchev–Trinajstić information content (AvgIpc) is 4.02. The van der Waals surface area contributed by atoms with E-state index in [9.17, 15) is 0 Å². The van der Waals surface area contributed by atoms with E-state index in [4.69, 9.17) is 0 Å². The Kier molecular flexibility index (Phi) is 12.4. The third-order valence-corrected chi connectivity index (χ3v) is 18.6. The lowest BCUT2D eigenvalue weighted by Gasteiger charge is -2.37. The van der Waals surface area contributed by atoms with Gasteiger partial charge in [0.2, 0.25) is 0 Å². The Balaban J connectivity index is 0.718. The number of nitrogens with zero attached hydrogens (tertiary/aromatic N) is 2. The molecule has 0 N–H and O–H groups in total. The van der Waals surface area contributed by atoms with Crippen molar-refractivity contribution in [1.29, 1.82) is 0 Å². The lowest BCUT2D eigenvalue weighted by Crippen LogP contribution is -2.39. The van der Waals surface area contributed by atoms with Crippen LogP contribution in [0.1, 0.15) is 148 Å². The molecule has 10 aliphatic carbocycles. The van der Waals surface area contributed by atoms with E-state index in [1.165, 1.54) is 116 Å². The van der Waals surface area contributed by atoms with Gasteiger partial charge in [0.15, 0.2) is 0 Å². The van der Waals surface area contributed by atoms with Crippen LogP contribution in [0.25, 0.3) is 27.6 Å². The van der Waals surface area contributed by atoms with Gasteiger partial charge in [0.25, 0.3) is 0 Å². The fourth-order valence-corrected chi connectivity index (χ4v) is 14.8. The molecule has 74 heavy (non-hydrogen) atoms. The van der Waals surface area contributed by atoms with Crippen molar-refractivity contribution in [3.8, 4) is 0 Å². The maximum Gasteiger partial charge on any atom is 0.0587 e. The molecule has 2 aromatic carbocycles. The van der Waals surface area contributed by atoms with Crippen molar-refractivity contribution in [3.05, 3.63) is 255 Å². The van der Waals surface area contributed by atoms with E-state index < -0.39 is 0 Å². The second-order valence-corrected chi connectivity index (χ2v) is 23.1. The summed E-state index contributed by atoms with van der Waals surface area (Å²) in [4.78, 5) is 2.80. The predicted molar refractivity (Wildman–Crippen MR) is 312 cm³/mol. The average molecular weight is 965 g/mol. The van der Waals surface area contributed by atoms with Crippen molar-refractivity contribution in [3.63, 3.8) is 0 Å². The highest BCUT2D eigenvalue weighted by molar-refractivity contribution is 5.91. The quantitative estimate of drug-likeness (QED) is 0.194. The van der Waals surface area contributed by atoms with Crippen LogP contribution in [0, 0.1) is 11.8 Å². The largest absolute Gasteiger partial charge is 0.357 e. The first-order valence-electron chi connectivity index (χ1n) is 29.0. The number of fused-ring (bicyclic) bond motifs is 5. The summed E-state index contributed by atoms with van der Waals surface area (Å²) in [6.07, 6.45) is 79.4. The van der Waals surface area contributed by atoms with E-state index in [2.05, 4.69) is 192 Å². The molecule has 0 bridgehead atoms. The molecular weight excluding hydrogens is 893 g/mol.